The minimum atomic E-state index is -0.909. The van der Waals surface area contributed by atoms with Crippen LogP contribution in [0.3, 0.4) is 0 Å². The van der Waals surface area contributed by atoms with Gasteiger partial charge in [0.25, 0.3) is 0 Å². The molecule has 0 spiro atoms. The van der Waals surface area contributed by atoms with Crippen LogP contribution in [0, 0.1) is 0 Å². The van der Waals surface area contributed by atoms with E-state index >= 15 is 0 Å². The SMILES string of the molecule is CC.CC(C)(C)OC(=O)N1CCC(OC2CCC(C(=O)O)=CC=N2)CC1. The highest BCUT2D eigenvalue weighted by atomic mass is 16.6. The summed E-state index contributed by atoms with van der Waals surface area (Å²) in [4.78, 5) is 29.0. The highest BCUT2D eigenvalue weighted by Crippen LogP contribution is 2.21. The molecule has 148 valence electrons. The van der Waals surface area contributed by atoms with Gasteiger partial charge in [-0.15, -0.1) is 0 Å². The first-order valence-corrected chi connectivity index (χ1v) is 9.33. The molecule has 2 aliphatic heterocycles. The van der Waals surface area contributed by atoms with E-state index in [1.54, 1.807) is 4.90 Å². The van der Waals surface area contributed by atoms with Gasteiger partial charge in [0.2, 0.25) is 0 Å². The Morgan fingerprint density at radius 2 is 1.81 bits per heavy atom. The fourth-order valence-corrected chi connectivity index (χ4v) is 2.67. The van der Waals surface area contributed by atoms with E-state index in [4.69, 9.17) is 14.6 Å². The third-order valence-corrected chi connectivity index (χ3v) is 3.91. The Morgan fingerprint density at radius 1 is 1.19 bits per heavy atom. The molecule has 1 amide bonds. The monoisotopic (exact) mass is 368 g/mol. The number of nitrogens with zero attached hydrogens (tertiary/aromatic N) is 2. The molecule has 0 aliphatic carbocycles. The summed E-state index contributed by atoms with van der Waals surface area (Å²) in [6.07, 6.45) is 4.90. The van der Waals surface area contributed by atoms with Gasteiger partial charge in [-0.1, -0.05) is 13.8 Å². The first kappa shape index (κ1) is 22.2. The Labute approximate surface area is 156 Å². The second-order valence-electron chi connectivity index (χ2n) is 7.09. The lowest BCUT2D eigenvalue weighted by Gasteiger charge is -2.34. The normalized spacial score (nSPS) is 21.2. The maximum Gasteiger partial charge on any atom is 0.410 e. The molecule has 7 nitrogen and oxygen atoms in total. The molecule has 1 unspecified atom stereocenters. The maximum atomic E-state index is 12.0. The molecule has 1 atom stereocenters. The number of aliphatic imine (C=N–C) groups is 1. The molecule has 0 bridgehead atoms. The molecular formula is C19H32N2O5. The topological polar surface area (TPSA) is 88.4 Å². The van der Waals surface area contributed by atoms with Crippen LogP contribution in [0.2, 0.25) is 0 Å². The number of allylic oxidation sites excluding steroid dienone is 1. The Kier molecular flexibility index (Phi) is 8.78. The van der Waals surface area contributed by atoms with Gasteiger partial charge in [0.05, 0.1) is 6.10 Å². The van der Waals surface area contributed by atoms with Crippen molar-refractivity contribution >= 4 is 18.3 Å². The molecule has 0 radical (unpaired) electrons. The molecular weight excluding hydrogens is 336 g/mol. The van der Waals surface area contributed by atoms with Gasteiger partial charge in [0, 0.05) is 24.9 Å². The van der Waals surface area contributed by atoms with E-state index in [1.807, 2.05) is 34.6 Å². The lowest BCUT2D eigenvalue weighted by molar-refractivity contribution is -0.132. The summed E-state index contributed by atoms with van der Waals surface area (Å²) in [7, 11) is 0. The lowest BCUT2D eigenvalue weighted by Crippen LogP contribution is -2.44. The van der Waals surface area contributed by atoms with Crippen LogP contribution in [-0.2, 0) is 14.3 Å². The maximum absolute atomic E-state index is 12.0. The second-order valence-corrected chi connectivity index (χ2v) is 7.09. The van der Waals surface area contributed by atoms with E-state index in [0.29, 0.717) is 31.5 Å². The van der Waals surface area contributed by atoms with Crippen LogP contribution < -0.4 is 0 Å². The first-order chi connectivity index (χ1) is 12.2. The number of carboxylic acid groups (broad SMARTS) is 1. The van der Waals surface area contributed by atoms with Crippen molar-refractivity contribution in [3.05, 3.63) is 11.6 Å². The Balaban J connectivity index is 0.00000163. The van der Waals surface area contributed by atoms with Gasteiger partial charge in [0.15, 0.2) is 0 Å². The molecule has 0 aromatic rings. The second kappa shape index (κ2) is 10.3. The van der Waals surface area contributed by atoms with Crippen molar-refractivity contribution in [2.45, 2.75) is 78.2 Å². The molecule has 1 N–H and O–H groups in total. The van der Waals surface area contributed by atoms with Crippen LogP contribution in [0.4, 0.5) is 4.79 Å². The molecule has 26 heavy (non-hydrogen) atoms. The van der Waals surface area contributed by atoms with E-state index in [-0.39, 0.29) is 18.4 Å². The minimum absolute atomic E-state index is 0.0252. The number of rotatable bonds is 3. The highest BCUT2D eigenvalue weighted by molar-refractivity contribution is 5.92. The first-order valence-electron chi connectivity index (χ1n) is 9.33. The van der Waals surface area contributed by atoms with Crippen LogP contribution in [-0.4, -0.2) is 59.3 Å². The minimum Gasteiger partial charge on any atom is -0.478 e. The number of amides is 1. The summed E-state index contributed by atoms with van der Waals surface area (Å²) in [5.41, 5.74) is -0.140. The van der Waals surface area contributed by atoms with Crippen LogP contribution in [0.15, 0.2) is 16.6 Å². The van der Waals surface area contributed by atoms with Gasteiger partial charge in [-0.05, 0) is 52.5 Å². The number of aliphatic carboxylic acids is 1. The van der Waals surface area contributed by atoms with Crippen molar-refractivity contribution in [1.29, 1.82) is 0 Å². The van der Waals surface area contributed by atoms with Crippen LogP contribution in [0.5, 0.6) is 0 Å². The van der Waals surface area contributed by atoms with Crippen molar-refractivity contribution in [1.82, 2.24) is 4.90 Å². The summed E-state index contributed by atoms with van der Waals surface area (Å²) < 4.78 is 11.3. The van der Waals surface area contributed by atoms with Gasteiger partial charge in [-0.2, -0.15) is 0 Å². The number of ether oxygens (including phenoxy) is 2. The third-order valence-electron chi connectivity index (χ3n) is 3.91. The Hall–Kier alpha value is -1.89. The van der Waals surface area contributed by atoms with Crippen molar-refractivity contribution in [2.75, 3.05) is 13.1 Å². The number of carboxylic acids is 1. The standard InChI is InChI=1S/C17H26N2O5.C2H6/c1-17(2,3)24-16(22)19-10-7-13(8-11-19)23-14-5-4-12(15(20)21)6-9-18-14;1-2/h6,9,13-14H,4-5,7-8,10-11H2,1-3H3,(H,20,21);1-2H3. The van der Waals surface area contributed by atoms with Crippen molar-refractivity contribution in [3.63, 3.8) is 0 Å². The van der Waals surface area contributed by atoms with Crippen LogP contribution in [0.25, 0.3) is 0 Å². The molecule has 2 aliphatic rings. The smallest absolute Gasteiger partial charge is 0.410 e. The largest absolute Gasteiger partial charge is 0.478 e. The van der Waals surface area contributed by atoms with Gasteiger partial charge in [-0.3, -0.25) is 4.99 Å². The zero-order valence-corrected chi connectivity index (χ0v) is 16.5. The third kappa shape index (κ3) is 7.56. The Bertz CT molecular complexity index is 529. The van der Waals surface area contributed by atoms with Crippen molar-refractivity contribution in [2.24, 2.45) is 4.99 Å². The number of likely N-dealkylation sites (tertiary alicyclic amines) is 1. The molecule has 7 heteroatoms. The average molecular weight is 368 g/mol. The summed E-state index contributed by atoms with van der Waals surface area (Å²) in [6, 6.07) is 0. The van der Waals surface area contributed by atoms with E-state index in [0.717, 1.165) is 12.8 Å². The van der Waals surface area contributed by atoms with Crippen molar-refractivity contribution < 1.29 is 24.2 Å². The predicted octanol–water partition coefficient (Wildman–Crippen LogP) is 3.63. The fourth-order valence-electron chi connectivity index (χ4n) is 2.67. The number of carbonyl (C=O) groups is 2. The van der Waals surface area contributed by atoms with E-state index in [2.05, 4.69) is 4.99 Å². The van der Waals surface area contributed by atoms with Gasteiger partial charge < -0.3 is 19.5 Å². The number of hydrogen-bond acceptors (Lipinski definition) is 5. The molecule has 1 fully saturated rings. The van der Waals surface area contributed by atoms with E-state index in [9.17, 15) is 9.59 Å². The predicted molar refractivity (Wildman–Crippen MR) is 100 cm³/mol. The molecule has 1 saturated heterocycles. The quantitative estimate of drug-likeness (QED) is 0.822. The van der Waals surface area contributed by atoms with Gasteiger partial charge in [0.1, 0.15) is 11.8 Å². The summed E-state index contributed by atoms with van der Waals surface area (Å²) in [6.45, 7) is 10.7. The number of hydrogen-bond donors (Lipinski definition) is 1. The lowest BCUT2D eigenvalue weighted by atomic mass is 10.1. The van der Waals surface area contributed by atoms with E-state index < -0.39 is 11.6 Å². The molecule has 0 saturated carbocycles. The molecule has 2 rings (SSSR count). The zero-order chi connectivity index (χ0) is 19.7. The van der Waals surface area contributed by atoms with Crippen LogP contribution in [0.1, 0.15) is 60.3 Å². The number of piperidine rings is 1. The van der Waals surface area contributed by atoms with Gasteiger partial charge >= 0.3 is 12.1 Å². The molecule has 0 aromatic carbocycles. The highest BCUT2D eigenvalue weighted by Gasteiger charge is 2.28. The fraction of sp³-hybridized carbons (Fsp3) is 0.737. The summed E-state index contributed by atoms with van der Waals surface area (Å²) in [5.74, 6) is -0.909. The zero-order valence-electron chi connectivity index (χ0n) is 16.5. The van der Waals surface area contributed by atoms with E-state index in [1.165, 1.54) is 12.3 Å². The Morgan fingerprint density at radius 3 is 2.35 bits per heavy atom. The summed E-state index contributed by atoms with van der Waals surface area (Å²) >= 11 is 0. The average Bonchev–Trinajstić information content (AvgIpc) is 2.81. The van der Waals surface area contributed by atoms with Crippen LogP contribution >= 0.6 is 0 Å². The number of carbonyl (C=O) groups excluding carboxylic acids is 1. The molecule has 2 heterocycles. The van der Waals surface area contributed by atoms with Crippen molar-refractivity contribution in [3.8, 4) is 0 Å². The summed E-state index contributed by atoms with van der Waals surface area (Å²) in [5, 5.41) is 9.01. The molecule has 0 aromatic heterocycles. The van der Waals surface area contributed by atoms with Gasteiger partial charge in [-0.25, -0.2) is 9.59 Å².